The highest BCUT2D eigenvalue weighted by Gasteiger charge is 2.31. The van der Waals surface area contributed by atoms with E-state index in [4.69, 9.17) is 16.7 Å². The lowest BCUT2D eigenvalue weighted by molar-refractivity contribution is -0.137. The molecular formula is C18H20N6O2. The van der Waals surface area contributed by atoms with Gasteiger partial charge in [0.15, 0.2) is 16.9 Å². The molecule has 2 atom stereocenters. The number of nitrogens with zero attached hydrogens (tertiary/aromatic N) is 6. The van der Waals surface area contributed by atoms with Crippen LogP contribution in [0.2, 0.25) is 0 Å². The van der Waals surface area contributed by atoms with Crippen LogP contribution in [-0.4, -0.2) is 51.7 Å². The molecule has 2 aliphatic rings. The van der Waals surface area contributed by atoms with E-state index in [2.05, 4.69) is 31.5 Å². The molecule has 0 aliphatic carbocycles. The molecule has 0 aromatic carbocycles. The van der Waals surface area contributed by atoms with E-state index in [9.17, 15) is 4.79 Å². The van der Waals surface area contributed by atoms with Gasteiger partial charge in [-0.3, -0.25) is 9.78 Å². The minimum atomic E-state index is -0.758. The Morgan fingerprint density at radius 2 is 2.23 bits per heavy atom. The Morgan fingerprint density at radius 1 is 1.38 bits per heavy atom. The summed E-state index contributed by atoms with van der Waals surface area (Å²) in [5.41, 5.74) is 1.38. The molecular weight excluding hydrogens is 332 g/mol. The Hall–Kier alpha value is -2.95. The molecule has 4 heterocycles. The maximum absolute atomic E-state index is 11.0. The van der Waals surface area contributed by atoms with E-state index in [0.717, 1.165) is 37.6 Å². The average Bonchev–Trinajstić information content (AvgIpc) is 3.07. The highest BCUT2D eigenvalue weighted by Crippen LogP contribution is 2.34. The number of aliphatic carboxylic acids is 1. The van der Waals surface area contributed by atoms with E-state index in [1.165, 1.54) is 6.20 Å². The predicted octanol–water partition coefficient (Wildman–Crippen LogP) is 2.48. The van der Waals surface area contributed by atoms with Crippen LogP contribution in [0.4, 0.5) is 17.5 Å². The van der Waals surface area contributed by atoms with Gasteiger partial charge in [-0.05, 0) is 25.7 Å². The third-order valence-electron chi connectivity index (χ3n) is 5.26. The molecule has 2 aromatic heterocycles. The van der Waals surface area contributed by atoms with Crippen LogP contribution in [0.5, 0.6) is 0 Å². The minimum absolute atomic E-state index is 0.136. The molecule has 0 unspecified atom stereocenters. The smallest absolute Gasteiger partial charge is 0.303 e. The maximum Gasteiger partial charge on any atom is 0.303 e. The van der Waals surface area contributed by atoms with E-state index in [1.807, 2.05) is 6.07 Å². The normalized spacial score (nSPS) is 22.3. The molecule has 0 radical (unpaired) electrons. The monoisotopic (exact) mass is 352 g/mol. The first-order valence-corrected chi connectivity index (χ1v) is 8.84. The molecule has 2 saturated heterocycles. The van der Waals surface area contributed by atoms with Gasteiger partial charge < -0.3 is 19.8 Å². The number of rotatable bonds is 4. The van der Waals surface area contributed by atoms with Gasteiger partial charge in [-0.2, -0.15) is 0 Å². The van der Waals surface area contributed by atoms with Crippen LogP contribution in [0.3, 0.4) is 0 Å². The lowest BCUT2D eigenvalue weighted by Gasteiger charge is -2.40. The van der Waals surface area contributed by atoms with Gasteiger partial charge in [-0.1, -0.05) is 6.57 Å². The van der Waals surface area contributed by atoms with Gasteiger partial charge in [-0.15, -0.1) is 4.98 Å². The van der Waals surface area contributed by atoms with E-state index in [0.29, 0.717) is 23.6 Å². The standard InChI is InChI=1S/C18H20N6O2/c1-11-3-6-24(11)18-17-13(21-14(19-2)9-20-17)8-15(22-18)23-5-4-12(10-23)7-16(25)26/h8-9,11-12H,3-7,10H2,1H3,(H,25,26)/t11-,12+/m0/s1. The van der Waals surface area contributed by atoms with E-state index < -0.39 is 5.97 Å². The number of fused-ring (bicyclic) bond motifs is 1. The molecule has 2 aromatic rings. The summed E-state index contributed by atoms with van der Waals surface area (Å²) in [5, 5.41) is 9.03. The van der Waals surface area contributed by atoms with Gasteiger partial charge in [0.2, 0.25) is 0 Å². The quantitative estimate of drug-likeness (QED) is 0.846. The zero-order chi connectivity index (χ0) is 18.3. The Bertz CT molecular complexity index is 908. The average molecular weight is 352 g/mol. The SMILES string of the molecule is [C-]#[N+]c1cnc2c(N3CC[C@@H]3C)nc(N3CC[C@H](CC(=O)O)C3)cc2n1. The molecule has 4 rings (SSSR count). The van der Waals surface area contributed by atoms with Crippen LogP contribution in [-0.2, 0) is 4.79 Å². The van der Waals surface area contributed by atoms with Gasteiger partial charge in [0.1, 0.15) is 5.82 Å². The summed E-state index contributed by atoms with van der Waals surface area (Å²) < 4.78 is 0. The summed E-state index contributed by atoms with van der Waals surface area (Å²) in [4.78, 5) is 32.4. The third-order valence-corrected chi connectivity index (χ3v) is 5.26. The molecule has 8 nitrogen and oxygen atoms in total. The Morgan fingerprint density at radius 3 is 2.88 bits per heavy atom. The lowest BCUT2D eigenvalue weighted by atomic mass is 10.1. The van der Waals surface area contributed by atoms with Gasteiger partial charge in [0.05, 0.1) is 6.20 Å². The van der Waals surface area contributed by atoms with Crippen LogP contribution >= 0.6 is 0 Å². The first-order valence-electron chi connectivity index (χ1n) is 8.84. The molecule has 0 amide bonds. The zero-order valence-corrected chi connectivity index (χ0v) is 14.6. The number of carboxylic acid groups (broad SMARTS) is 1. The number of carboxylic acids is 1. The Balaban J connectivity index is 1.73. The number of hydrogen-bond donors (Lipinski definition) is 1. The number of anilines is 2. The second-order valence-corrected chi connectivity index (χ2v) is 7.04. The fourth-order valence-corrected chi connectivity index (χ4v) is 3.68. The molecule has 2 aliphatic heterocycles. The first-order chi connectivity index (χ1) is 12.5. The molecule has 0 spiro atoms. The summed E-state index contributed by atoms with van der Waals surface area (Å²) in [5.74, 6) is 1.24. The number of pyridine rings is 1. The fraction of sp³-hybridized carbons (Fsp3) is 0.500. The van der Waals surface area contributed by atoms with Crippen molar-refractivity contribution in [2.75, 3.05) is 29.4 Å². The van der Waals surface area contributed by atoms with Crippen molar-refractivity contribution in [3.05, 3.63) is 23.7 Å². The van der Waals surface area contributed by atoms with Crippen LogP contribution in [0, 0.1) is 12.5 Å². The van der Waals surface area contributed by atoms with Crippen LogP contribution in [0.25, 0.3) is 15.9 Å². The van der Waals surface area contributed by atoms with Crippen LogP contribution < -0.4 is 9.80 Å². The van der Waals surface area contributed by atoms with Crippen molar-refractivity contribution in [2.24, 2.45) is 5.92 Å². The molecule has 26 heavy (non-hydrogen) atoms. The zero-order valence-electron chi connectivity index (χ0n) is 14.6. The van der Waals surface area contributed by atoms with Crippen molar-refractivity contribution < 1.29 is 9.90 Å². The topological polar surface area (TPSA) is 86.8 Å². The van der Waals surface area contributed by atoms with Gasteiger partial charge in [0, 0.05) is 38.2 Å². The van der Waals surface area contributed by atoms with Crippen molar-refractivity contribution in [2.45, 2.75) is 32.2 Å². The Labute approximate surface area is 151 Å². The van der Waals surface area contributed by atoms with Crippen molar-refractivity contribution in [3.8, 4) is 0 Å². The molecule has 0 saturated carbocycles. The van der Waals surface area contributed by atoms with Crippen molar-refractivity contribution in [1.29, 1.82) is 0 Å². The number of carbonyl (C=O) groups is 1. The van der Waals surface area contributed by atoms with Crippen LogP contribution in [0.15, 0.2) is 12.3 Å². The highest BCUT2D eigenvalue weighted by atomic mass is 16.4. The molecule has 8 heteroatoms. The summed E-state index contributed by atoms with van der Waals surface area (Å²) in [6.45, 7) is 11.7. The molecule has 2 fully saturated rings. The lowest BCUT2D eigenvalue weighted by Crippen LogP contribution is -2.46. The second kappa shape index (κ2) is 6.41. The summed E-state index contributed by atoms with van der Waals surface area (Å²) in [6.07, 6.45) is 3.63. The summed E-state index contributed by atoms with van der Waals surface area (Å²) in [7, 11) is 0. The summed E-state index contributed by atoms with van der Waals surface area (Å²) in [6, 6.07) is 2.27. The van der Waals surface area contributed by atoms with Crippen molar-refractivity contribution >= 4 is 34.5 Å². The summed E-state index contributed by atoms with van der Waals surface area (Å²) >= 11 is 0. The van der Waals surface area contributed by atoms with Crippen molar-refractivity contribution in [1.82, 2.24) is 15.0 Å². The highest BCUT2D eigenvalue weighted by molar-refractivity contribution is 5.89. The molecule has 0 bridgehead atoms. The maximum atomic E-state index is 11.0. The van der Waals surface area contributed by atoms with Crippen LogP contribution in [0.1, 0.15) is 26.2 Å². The fourth-order valence-electron chi connectivity index (χ4n) is 3.68. The predicted molar refractivity (Wildman–Crippen MR) is 97.6 cm³/mol. The van der Waals surface area contributed by atoms with Gasteiger partial charge >= 0.3 is 5.97 Å². The first kappa shape index (κ1) is 16.5. The molecule has 1 N–H and O–H groups in total. The van der Waals surface area contributed by atoms with Crippen molar-refractivity contribution in [3.63, 3.8) is 0 Å². The third kappa shape index (κ3) is 2.90. The van der Waals surface area contributed by atoms with Gasteiger partial charge in [-0.25, -0.2) is 4.98 Å². The van der Waals surface area contributed by atoms with Gasteiger partial charge in [0.25, 0.3) is 5.82 Å². The second-order valence-electron chi connectivity index (χ2n) is 7.04. The van der Waals surface area contributed by atoms with E-state index in [-0.39, 0.29) is 18.2 Å². The molecule has 134 valence electrons. The number of hydrogen-bond acceptors (Lipinski definition) is 6. The minimum Gasteiger partial charge on any atom is -0.481 e. The van der Waals surface area contributed by atoms with E-state index >= 15 is 0 Å². The number of aromatic nitrogens is 3. The largest absolute Gasteiger partial charge is 0.481 e. The van der Waals surface area contributed by atoms with E-state index in [1.54, 1.807) is 0 Å². The Kier molecular flexibility index (Phi) is 4.07.